The van der Waals surface area contributed by atoms with Crippen LogP contribution in [0.3, 0.4) is 0 Å². The maximum absolute atomic E-state index is 10.5. The molecule has 0 aliphatic carbocycles. The monoisotopic (exact) mass is 311 g/mol. The highest BCUT2D eigenvalue weighted by Gasteiger charge is 2.46. The Hall–Kier alpha value is -0.160. The molecule has 0 unspecified atom stereocenters. The van der Waals surface area contributed by atoms with Crippen LogP contribution in [-0.4, -0.2) is 44.5 Å². The first-order chi connectivity index (χ1) is 9.73. The molecule has 0 aromatic heterocycles. The van der Waals surface area contributed by atoms with Gasteiger partial charge in [-0.15, -0.1) is 0 Å². The van der Waals surface area contributed by atoms with E-state index in [2.05, 4.69) is 66.0 Å². The van der Waals surface area contributed by atoms with Crippen molar-refractivity contribution < 1.29 is 5.21 Å². The number of hydroxylamine groups is 2. The largest absolute Gasteiger partial charge is 0.313 e. The smallest absolute Gasteiger partial charge is 0.0425 e. The van der Waals surface area contributed by atoms with E-state index in [0.29, 0.717) is 12.1 Å². The van der Waals surface area contributed by atoms with Gasteiger partial charge in [0.15, 0.2) is 0 Å². The molecule has 4 heteroatoms. The molecular weight excluding hydrogens is 274 g/mol. The van der Waals surface area contributed by atoms with E-state index < -0.39 is 0 Å². The molecule has 0 atom stereocenters. The average molecular weight is 312 g/mol. The summed E-state index contributed by atoms with van der Waals surface area (Å²) in [5, 5.41) is 19.7. The maximum atomic E-state index is 10.5. The summed E-state index contributed by atoms with van der Waals surface area (Å²) in [6.45, 7) is 17.7. The van der Waals surface area contributed by atoms with Crippen molar-refractivity contribution in [2.45, 2.75) is 115 Å². The highest BCUT2D eigenvalue weighted by Crippen LogP contribution is 2.38. The molecule has 3 N–H and O–H groups in total. The summed E-state index contributed by atoms with van der Waals surface area (Å²) in [5.41, 5.74) is -0.0288. The average Bonchev–Trinajstić information content (AvgIpc) is 2.19. The Morgan fingerprint density at radius 2 is 1.14 bits per heavy atom. The lowest BCUT2D eigenvalue weighted by Crippen LogP contribution is -2.66. The fraction of sp³-hybridized carbons (Fsp3) is 1.00. The second kappa shape index (κ2) is 5.44. The second-order valence-corrected chi connectivity index (χ2v) is 10.2. The van der Waals surface area contributed by atoms with Crippen LogP contribution in [0.25, 0.3) is 0 Å². The highest BCUT2D eigenvalue weighted by atomic mass is 16.5. The van der Waals surface area contributed by atoms with Gasteiger partial charge < -0.3 is 15.8 Å². The van der Waals surface area contributed by atoms with Gasteiger partial charge in [-0.1, -0.05) is 0 Å². The van der Waals surface area contributed by atoms with Crippen LogP contribution >= 0.6 is 0 Å². The van der Waals surface area contributed by atoms with Crippen LogP contribution in [0.15, 0.2) is 0 Å². The van der Waals surface area contributed by atoms with Gasteiger partial charge in [-0.3, -0.25) is 0 Å². The first kappa shape index (κ1) is 18.2. The van der Waals surface area contributed by atoms with E-state index in [1.54, 1.807) is 5.06 Å². The molecule has 0 aromatic carbocycles. The van der Waals surface area contributed by atoms with Crippen molar-refractivity contribution in [1.82, 2.24) is 15.7 Å². The normalized spacial score (nSPS) is 32.0. The summed E-state index contributed by atoms with van der Waals surface area (Å²) in [7, 11) is 0. The van der Waals surface area contributed by atoms with Crippen LogP contribution in [0.4, 0.5) is 0 Å². The van der Waals surface area contributed by atoms with Gasteiger partial charge in [0.05, 0.1) is 0 Å². The van der Waals surface area contributed by atoms with E-state index in [4.69, 9.17) is 0 Å². The zero-order chi connectivity index (χ0) is 17.0. The van der Waals surface area contributed by atoms with Crippen molar-refractivity contribution in [1.29, 1.82) is 0 Å². The molecule has 0 saturated carbocycles. The van der Waals surface area contributed by atoms with Crippen LogP contribution in [0.2, 0.25) is 0 Å². The molecule has 2 aliphatic rings. The molecule has 2 fully saturated rings. The molecule has 2 rings (SSSR count). The second-order valence-electron chi connectivity index (χ2n) is 10.2. The summed E-state index contributed by atoms with van der Waals surface area (Å²) in [6.07, 6.45) is 4.27. The third kappa shape index (κ3) is 4.02. The predicted molar refractivity (Wildman–Crippen MR) is 92.3 cm³/mol. The van der Waals surface area contributed by atoms with Crippen LogP contribution in [0, 0.1) is 0 Å². The third-order valence-corrected chi connectivity index (χ3v) is 5.30. The van der Waals surface area contributed by atoms with Gasteiger partial charge in [-0.05, 0) is 81.1 Å². The zero-order valence-electron chi connectivity index (χ0n) is 15.9. The molecule has 22 heavy (non-hydrogen) atoms. The lowest BCUT2D eigenvalue weighted by molar-refractivity contribution is -0.246. The Morgan fingerprint density at radius 3 is 1.55 bits per heavy atom. The van der Waals surface area contributed by atoms with Gasteiger partial charge in [0.1, 0.15) is 0 Å². The topological polar surface area (TPSA) is 47.5 Å². The number of rotatable bonds is 2. The van der Waals surface area contributed by atoms with Gasteiger partial charge in [0.2, 0.25) is 0 Å². The lowest BCUT2D eigenvalue weighted by atomic mass is 9.76. The molecular formula is C18H37N3O. The quantitative estimate of drug-likeness (QED) is 0.732. The van der Waals surface area contributed by atoms with E-state index in [0.717, 1.165) is 25.7 Å². The molecule has 0 amide bonds. The Bertz CT molecular complexity index is 381. The zero-order valence-corrected chi connectivity index (χ0v) is 15.9. The molecule has 0 bridgehead atoms. The van der Waals surface area contributed by atoms with Gasteiger partial charge >= 0.3 is 0 Å². The molecule has 4 nitrogen and oxygen atoms in total. The lowest BCUT2D eigenvalue weighted by Gasteiger charge is -2.53. The summed E-state index contributed by atoms with van der Waals surface area (Å²) < 4.78 is 0. The minimum atomic E-state index is -0.183. The van der Waals surface area contributed by atoms with Crippen LogP contribution < -0.4 is 10.6 Å². The maximum Gasteiger partial charge on any atom is 0.0425 e. The molecule has 2 aliphatic heterocycles. The van der Waals surface area contributed by atoms with Crippen molar-refractivity contribution in [3.63, 3.8) is 0 Å². The number of nitrogens with one attached hydrogen (secondary N) is 2. The third-order valence-electron chi connectivity index (χ3n) is 5.30. The van der Waals surface area contributed by atoms with Crippen molar-refractivity contribution in [2.24, 2.45) is 0 Å². The minimum Gasteiger partial charge on any atom is -0.313 e. The summed E-state index contributed by atoms with van der Waals surface area (Å²) >= 11 is 0. The molecule has 2 saturated heterocycles. The number of nitrogens with zero attached hydrogens (tertiary/aromatic N) is 1. The molecule has 2 heterocycles. The van der Waals surface area contributed by atoms with Crippen LogP contribution in [0.1, 0.15) is 81.1 Å². The van der Waals surface area contributed by atoms with Gasteiger partial charge in [-0.25, -0.2) is 0 Å². The van der Waals surface area contributed by atoms with Crippen molar-refractivity contribution >= 4 is 0 Å². The summed E-state index contributed by atoms with van der Waals surface area (Å²) in [5.74, 6) is 0. The number of piperidine rings is 2. The van der Waals surface area contributed by atoms with E-state index >= 15 is 0 Å². The number of hydrogen-bond acceptors (Lipinski definition) is 4. The van der Waals surface area contributed by atoms with Crippen LogP contribution in [-0.2, 0) is 0 Å². The fourth-order valence-electron chi connectivity index (χ4n) is 5.16. The van der Waals surface area contributed by atoms with E-state index in [-0.39, 0.29) is 22.2 Å². The summed E-state index contributed by atoms with van der Waals surface area (Å²) in [6, 6.07) is 0.996. The molecule has 0 aromatic rings. The van der Waals surface area contributed by atoms with Gasteiger partial charge in [-0.2, -0.15) is 5.06 Å². The van der Waals surface area contributed by atoms with E-state index in [9.17, 15) is 5.21 Å². The first-order valence-corrected chi connectivity index (χ1v) is 8.77. The Labute approximate surface area is 137 Å². The van der Waals surface area contributed by atoms with E-state index in [1.807, 2.05) is 0 Å². The number of hydrogen-bond donors (Lipinski definition) is 3. The van der Waals surface area contributed by atoms with Crippen LogP contribution in [0.5, 0.6) is 0 Å². The van der Waals surface area contributed by atoms with Gasteiger partial charge in [0.25, 0.3) is 0 Å². The Balaban J connectivity index is 2.07. The van der Waals surface area contributed by atoms with Gasteiger partial charge in [0, 0.05) is 34.2 Å². The predicted octanol–water partition coefficient (Wildman–Crippen LogP) is 3.30. The van der Waals surface area contributed by atoms with Crippen molar-refractivity contribution in [2.75, 3.05) is 0 Å². The Morgan fingerprint density at radius 1 is 0.773 bits per heavy atom. The minimum absolute atomic E-state index is 0.169. The first-order valence-electron chi connectivity index (χ1n) is 8.77. The Kier molecular flexibility index (Phi) is 4.49. The standard InChI is InChI=1S/C18H37N3O/c1-15(2)9-13(10-16(3,4)20-15)19-14-11-17(5,6)21(22)18(7,8)12-14/h13-14,19-20,22H,9-12H2,1-8H3. The molecule has 0 radical (unpaired) electrons. The fourth-order valence-corrected chi connectivity index (χ4v) is 5.16. The molecule has 130 valence electrons. The summed E-state index contributed by atoms with van der Waals surface area (Å²) in [4.78, 5) is 0. The molecule has 0 spiro atoms. The van der Waals surface area contributed by atoms with E-state index in [1.165, 1.54) is 0 Å². The van der Waals surface area contributed by atoms with Crippen molar-refractivity contribution in [3.05, 3.63) is 0 Å². The SMILES string of the molecule is CC1(C)CC(NC2CC(C)(C)N(O)C(C)(C)C2)CC(C)(C)N1. The highest BCUT2D eigenvalue weighted by molar-refractivity contribution is 5.03. The van der Waals surface area contributed by atoms with Crippen molar-refractivity contribution in [3.8, 4) is 0 Å².